The van der Waals surface area contributed by atoms with E-state index in [-0.39, 0.29) is 0 Å². The number of hydrogen-bond acceptors (Lipinski definition) is 3. The number of anilines is 1. The molecule has 18 heavy (non-hydrogen) atoms. The van der Waals surface area contributed by atoms with Crippen molar-refractivity contribution in [3.05, 3.63) is 36.4 Å². The van der Waals surface area contributed by atoms with Crippen LogP contribution in [0, 0.1) is 0 Å². The molecule has 2 rings (SSSR count). The Bertz CT molecular complexity index is 409. The fourth-order valence-corrected chi connectivity index (χ4v) is 2.48. The lowest BCUT2D eigenvalue weighted by Crippen LogP contribution is -2.29. The summed E-state index contributed by atoms with van der Waals surface area (Å²) in [4.78, 5) is 2.37. The van der Waals surface area contributed by atoms with Crippen LogP contribution in [0.15, 0.2) is 30.9 Å². The molecule has 1 saturated heterocycles. The molecular weight excluding hydrogens is 224 g/mol. The third kappa shape index (κ3) is 3.05. The van der Waals surface area contributed by atoms with E-state index in [9.17, 15) is 0 Å². The minimum Gasteiger partial charge on any atom is -0.489 e. The largest absolute Gasteiger partial charge is 0.489 e. The van der Waals surface area contributed by atoms with Crippen molar-refractivity contribution in [2.75, 3.05) is 32.5 Å². The predicted molar refractivity (Wildman–Crippen MR) is 76.0 cm³/mol. The molecule has 1 fully saturated rings. The van der Waals surface area contributed by atoms with Crippen LogP contribution in [0.3, 0.4) is 0 Å². The van der Waals surface area contributed by atoms with E-state index in [2.05, 4.69) is 24.6 Å². The van der Waals surface area contributed by atoms with Crippen LogP contribution in [-0.4, -0.2) is 31.6 Å². The predicted octanol–water partition coefficient (Wildman–Crippen LogP) is 2.64. The van der Waals surface area contributed by atoms with E-state index in [1.54, 1.807) is 6.08 Å². The quantitative estimate of drug-likeness (QED) is 0.655. The third-order valence-electron chi connectivity index (χ3n) is 3.55. The molecule has 1 heterocycles. The Morgan fingerprint density at radius 1 is 1.44 bits per heavy atom. The second-order valence-electron chi connectivity index (χ2n) is 4.97. The summed E-state index contributed by atoms with van der Waals surface area (Å²) in [5.41, 5.74) is 7.88. The molecule has 0 unspecified atom stereocenters. The van der Waals surface area contributed by atoms with Gasteiger partial charge in [-0.2, -0.15) is 0 Å². The Labute approximate surface area is 109 Å². The number of nitrogens with two attached hydrogens (primary N) is 1. The molecule has 2 N–H and O–H groups in total. The van der Waals surface area contributed by atoms with E-state index in [0.29, 0.717) is 12.5 Å². The van der Waals surface area contributed by atoms with Gasteiger partial charge in [0.25, 0.3) is 0 Å². The van der Waals surface area contributed by atoms with Gasteiger partial charge in [-0.25, -0.2) is 0 Å². The monoisotopic (exact) mass is 246 g/mol. The number of nitrogens with zero attached hydrogens (tertiary/aromatic N) is 1. The maximum atomic E-state index is 5.84. The fourth-order valence-electron chi connectivity index (χ4n) is 2.48. The first-order chi connectivity index (χ1) is 8.70. The lowest BCUT2D eigenvalue weighted by atomic mass is 9.89. The molecule has 1 aromatic carbocycles. The standard InChI is InChI=1S/C15H22N2O/c1-3-10-18-15-11-13(16)4-5-14(15)12-6-8-17(2)9-7-12/h3-5,11-12H,1,6-10,16H2,2H3. The summed E-state index contributed by atoms with van der Waals surface area (Å²) < 4.78 is 5.74. The molecule has 0 bridgehead atoms. The molecular formula is C15H22N2O. The lowest BCUT2D eigenvalue weighted by molar-refractivity contribution is 0.251. The molecule has 98 valence electrons. The summed E-state index contributed by atoms with van der Waals surface area (Å²) in [5, 5.41) is 0. The zero-order valence-electron chi connectivity index (χ0n) is 11.1. The van der Waals surface area contributed by atoms with Gasteiger partial charge in [-0.3, -0.25) is 0 Å². The zero-order chi connectivity index (χ0) is 13.0. The van der Waals surface area contributed by atoms with Gasteiger partial charge in [0.2, 0.25) is 0 Å². The summed E-state index contributed by atoms with van der Waals surface area (Å²) in [6.45, 7) is 6.52. The van der Waals surface area contributed by atoms with E-state index in [0.717, 1.165) is 24.5 Å². The number of piperidine rings is 1. The van der Waals surface area contributed by atoms with Gasteiger partial charge in [0.05, 0.1) is 0 Å². The van der Waals surface area contributed by atoms with Crippen molar-refractivity contribution < 1.29 is 4.74 Å². The Morgan fingerprint density at radius 2 is 2.17 bits per heavy atom. The maximum Gasteiger partial charge on any atom is 0.125 e. The van der Waals surface area contributed by atoms with Gasteiger partial charge in [0.15, 0.2) is 0 Å². The molecule has 0 aliphatic carbocycles. The van der Waals surface area contributed by atoms with Crippen molar-refractivity contribution in [2.45, 2.75) is 18.8 Å². The Hall–Kier alpha value is -1.48. The van der Waals surface area contributed by atoms with E-state index in [1.807, 2.05) is 12.1 Å². The number of likely N-dealkylation sites (tertiary alicyclic amines) is 1. The zero-order valence-corrected chi connectivity index (χ0v) is 11.1. The van der Waals surface area contributed by atoms with Crippen LogP contribution in [0.5, 0.6) is 5.75 Å². The van der Waals surface area contributed by atoms with Crippen LogP contribution >= 0.6 is 0 Å². The summed E-state index contributed by atoms with van der Waals surface area (Å²) in [6, 6.07) is 6.01. The van der Waals surface area contributed by atoms with E-state index >= 15 is 0 Å². The minimum absolute atomic E-state index is 0.531. The van der Waals surface area contributed by atoms with Crippen molar-refractivity contribution in [3.63, 3.8) is 0 Å². The summed E-state index contributed by atoms with van der Waals surface area (Å²) >= 11 is 0. The second kappa shape index (κ2) is 5.91. The van der Waals surface area contributed by atoms with Crippen molar-refractivity contribution in [1.29, 1.82) is 0 Å². The van der Waals surface area contributed by atoms with E-state index in [4.69, 9.17) is 10.5 Å². The van der Waals surface area contributed by atoms with Gasteiger partial charge in [0, 0.05) is 11.8 Å². The van der Waals surface area contributed by atoms with E-state index in [1.165, 1.54) is 18.4 Å². The highest BCUT2D eigenvalue weighted by atomic mass is 16.5. The third-order valence-corrected chi connectivity index (χ3v) is 3.55. The van der Waals surface area contributed by atoms with Gasteiger partial charge in [-0.05, 0) is 50.5 Å². The SMILES string of the molecule is C=CCOc1cc(N)ccc1C1CCN(C)CC1. The highest BCUT2D eigenvalue weighted by Crippen LogP contribution is 2.35. The maximum absolute atomic E-state index is 5.84. The molecule has 0 saturated carbocycles. The van der Waals surface area contributed by atoms with Crippen LogP contribution in [0.25, 0.3) is 0 Å². The molecule has 1 aromatic rings. The van der Waals surface area contributed by atoms with Crippen molar-refractivity contribution in [2.24, 2.45) is 0 Å². The van der Waals surface area contributed by atoms with Crippen LogP contribution in [0.2, 0.25) is 0 Å². The summed E-state index contributed by atoms with van der Waals surface area (Å²) in [5.74, 6) is 1.51. The van der Waals surface area contributed by atoms with E-state index < -0.39 is 0 Å². The van der Waals surface area contributed by atoms with Crippen molar-refractivity contribution in [3.8, 4) is 5.75 Å². The Kier molecular flexibility index (Phi) is 4.26. The molecule has 3 heteroatoms. The first-order valence-electron chi connectivity index (χ1n) is 6.52. The van der Waals surface area contributed by atoms with Gasteiger partial charge in [0.1, 0.15) is 12.4 Å². The van der Waals surface area contributed by atoms with Crippen LogP contribution in [0.4, 0.5) is 5.69 Å². The van der Waals surface area contributed by atoms with Gasteiger partial charge in [-0.1, -0.05) is 18.7 Å². The molecule has 1 aliphatic heterocycles. The van der Waals surface area contributed by atoms with Gasteiger partial charge in [-0.15, -0.1) is 0 Å². The Morgan fingerprint density at radius 3 is 2.83 bits per heavy atom. The molecule has 0 atom stereocenters. The van der Waals surface area contributed by atoms with Gasteiger partial charge >= 0.3 is 0 Å². The first kappa shape index (κ1) is 13.0. The number of ether oxygens (including phenoxy) is 1. The van der Waals surface area contributed by atoms with Crippen molar-refractivity contribution >= 4 is 5.69 Å². The van der Waals surface area contributed by atoms with Crippen LogP contribution in [-0.2, 0) is 0 Å². The Balaban J connectivity index is 2.17. The molecule has 0 radical (unpaired) electrons. The van der Waals surface area contributed by atoms with Crippen molar-refractivity contribution in [1.82, 2.24) is 4.90 Å². The topological polar surface area (TPSA) is 38.5 Å². The second-order valence-corrected chi connectivity index (χ2v) is 4.97. The number of nitrogen functional groups attached to an aromatic ring is 1. The van der Waals surface area contributed by atoms with Gasteiger partial charge < -0.3 is 15.4 Å². The minimum atomic E-state index is 0.531. The molecule has 0 spiro atoms. The number of hydrogen-bond donors (Lipinski definition) is 1. The average molecular weight is 246 g/mol. The highest BCUT2D eigenvalue weighted by Gasteiger charge is 2.21. The molecule has 1 aliphatic rings. The molecule has 3 nitrogen and oxygen atoms in total. The molecule has 0 aromatic heterocycles. The summed E-state index contributed by atoms with van der Waals surface area (Å²) in [7, 11) is 2.17. The summed E-state index contributed by atoms with van der Waals surface area (Å²) in [6.07, 6.45) is 4.14. The fraction of sp³-hybridized carbons (Fsp3) is 0.467. The lowest BCUT2D eigenvalue weighted by Gasteiger charge is -2.30. The average Bonchev–Trinajstić information content (AvgIpc) is 2.38. The first-order valence-corrected chi connectivity index (χ1v) is 6.52. The van der Waals surface area contributed by atoms with Crippen LogP contribution < -0.4 is 10.5 Å². The molecule has 0 amide bonds. The number of benzene rings is 1. The highest BCUT2D eigenvalue weighted by molar-refractivity contribution is 5.50. The number of rotatable bonds is 4. The normalized spacial score (nSPS) is 17.6. The smallest absolute Gasteiger partial charge is 0.125 e. The van der Waals surface area contributed by atoms with Crippen LogP contribution in [0.1, 0.15) is 24.3 Å².